The van der Waals surface area contributed by atoms with Gasteiger partial charge in [0.05, 0.1) is 23.7 Å². The number of sulfonamides is 1. The highest BCUT2D eigenvalue weighted by atomic mass is 79.9. The summed E-state index contributed by atoms with van der Waals surface area (Å²) >= 11 is 3.28. The van der Waals surface area contributed by atoms with Gasteiger partial charge in [0.25, 0.3) is 0 Å². The number of halogens is 1. The van der Waals surface area contributed by atoms with Gasteiger partial charge in [-0.3, -0.25) is 4.79 Å². The van der Waals surface area contributed by atoms with E-state index in [2.05, 4.69) is 26.3 Å². The molecule has 1 heterocycles. The summed E-state index contributed by atoms with van der Waals surface area (Å²) in [5, 5.41) is 7.08. The highest BCUT2D eigenvalue weighted by Crippen LogP contribution is 2.31. The molecule has 140 valence electrons. The van der Waals surface area contributed by atoms with Crippen molar-refractivity contribution in [3.8, 4) is 0 Å². The number of benzene rings is 1. The van der Waals surface area contributed by atoms with Crippen LogP contribution in [0.2, 0.25) is 0 Å². The SMILES string of the molecule is CN(CC(=O)Nc1ccnn1C1CCCC1)S(=O)(=O)c1ccc(Br)cc1. The number of carbonyl (C=O) groups excluding carboxylic acids is 1. The van der Waals surface area contributed by atoms with Crippen LogP contribution < -0.4 is 5.32 Å². The van der Waals surface area contributed by atoms with Crippen LogP contribution in [0.4, 0.5) is 5.82 Å². The fourth-order valence-corrected chi connectivity index (χ4v) is 4.50. The Morgan fingerprint density at radius 3 is 2.58 bits per heavy atom. The standard InChI is InChI=1S/C17H21BrN4O3S/c1-21(26(24,25)15-8-6-13(18)7-9-15)12-17(23)20-16-10-11-19-22(16)14-4-2-3-5-14/h6-11,14H,2-5,12H2,1H3,(H,20,23). The maximum Gasteiger partial charge on any atom is 0.243 e. The molecular weight excluding hydrogens is 420 g/mol. The lowest BCUT2D eigenvalue weighted by molar-refractivity contribution is -0.116. The van der Waals surface area contributed by atoms with Gasteiger partial charge in [0.15, 0.2) is 0 Å². The molecule has 0 spiro atoms. The number of hydrogen-bond donors (Lipinski definition) is 1. The molecule has 1 saturated carbocycles. The van der Waals surface area contributed by atoms with E-state index < -0.39 is 15.9 Å². The molecule has 2 aromatic rings. The number of nitrogens with one attached hydrogen (secondary N) is 1. The molecule has 1 aromatic carbocycles. The second kappa shape index (κ2) is 7.89. The maximum atomic E-state index is 12.6. The minimum Gasteiger partial charge on any atom is -0.310 e. The summed E-state index contributed by atoms with van der Waals surface area (Å²) < 4.78 is 28.8. The molecule has 1 aliphatic rings. The van der Waals surface area contributed by atoms with E-state index >= 15 is 0 Å². The topological polar surface area (TPSA) is 84.3 Å². The molecule has 0 saturated heterocycles. The van der Waals surface area contributed by atoms with Crippen molar-refractivity contribution in [1.82, 2.24) is 14.1 Å². The molecule has 1 aromatic heterocycles. The Morgan fingerprint density at radius 2 is 1.92 bits per heavy atom. The summed E-state index contributed by atoms with van der Waals surface area (Å²) in [6, 6.07) is 8.34. The Bertz CT molecular complexity index is 874. The van der Waals surface area contributed by atoms with Crippen LogP contribution in [0.5, 0.6) is 0 Å². The number of aromatic nitrogens is 2. The Hall–Kier alpha value is -1.71. The molecule has 1 amide bonds. The van der Waals surface area contributed by atoms with Gasteiger partial charge in [-0.2, -0.15) is 9.40 Å². The van der Waals surface area contributed by atoms with Gasteiger partial charge in [0, 0.05) is 17.6 Å². The first-order valence-electron chi connectivity index (χ1n) is 8.43. The van der Waals surface area contributed by atoms with Crippen LogP contribution in [0.15, 0.2) is 45.9 Å². The average molecular weight is 441 g/mol. The molecule has 0 atom stereocenters. The van der Waals surface area contributed by atoms with Gasteiger partial charge in [-0.1, -0.05) is 28.8 Å². The first kappa shape index (κ1) is 19.1. The predicted octanol–water partition coefficient (Wildman–Crippen LogP) is 3.02. The summed E-state index contributed by atoms with van der Waals surface area (Å²) in [5.41, 5.74) is 0. The van der Waals surface area contributed by atoms with Crippen LogP contribution in [0.3, 0.4) is 0 Å². The molecule has 3 rings (SSSR count). The normalized spacial score (nSPS) is 15.5. The zero-order valence-corrected chi connectivity index (χ0v) is 16.8. The van der Waals surface area contributed by atoms with Crippen LogP contribution >= 0.6 is 15.9 Å². The Morgan fingerprint density at radius 1 is 1.27 bits per heavy atom. The fraction of sp³-hybridized carbons (Fsp3) is 0.412. The Labute approximate surface area is 161 Å². The lowest BCUT2D eigenvalue weighted by Gasteiger charge is -2.18. The molecule has 0 unspecified atom stereocenters. The Kier molecular flexibility index (Phi) is 5.79. The molecule has 7 nitrogen and oxygen atoms in total. The third kappa shape index (κ3) is 4.16. The predicted molar refractivity (Wildman–Crippen MR) is 102 cm³/mol. The molecule has 0 radical (unpaired) electrons. The molecule has 1 N–H and O–H groups in total. The maximum absolute atomic E-state index is 12.6. The van der Waals surface area contributed by atoms with Gasteiger partial charge in [-0.15, -0.1) is 0 Å². The van der Waals surface area contributed by atoms with Crippen molar-refractivity contribution in [2.75, 3.05) is 18.9 Å². The zero-order valence-electron chi connectivity index (χ0n) is 14.4. The minimum absolute atomic E-state index is 0.145. The molecule has 0 bridgehead atoms. The molecular formula is C17H21BrN4O3S. The fourth-order valence-electron chi connectivity index (χ4n) is 3.11. The molecule has 1 aliphatic carbocycles. The van der Waals surface area contributed by atoms with E-state index in [-0.39, 0.29) is 11.4 Å². The van der Waals surface area contributed by atoms with Crippen molar-refractivity contribution in [2.24, 2.45) is 0 Å². The third-order valence-electron chi connectivity index (χ3n) is 4.50. The minimum atomic E-state index is -3.73. The molecule has 9 heteroatoms. The number of hydrogen-bond acceptors (Lipinski definition) is 4. The van der Waals surface area contributed by atoms with Gasteiger partial charge < -0.3 is 5.32 Å². The van der Waals surface area contributed by atoms with Crippen LogP contribution in [0.1, 0.15) is 31.7 Å². The summed E-state index contributed by atoms with van der Waals surface area (Å²) in [6.07, 6.45) is 6.05. The lowest BCUT2D eigenvalue weighted by atomic mass is 10.2. The first-order chi connectivity index (χ1) is 12.4. The highest BCUT2D eigenvalue weighted by molar-refractivity contribution is 9.10. The monoisotopic (exact) mass is 440 g/mol. The van der Waals surface area contributed by atoms with E-state index in [0.29, 0.717) is 11.9 Å². The number of anilines is 1. The third-order valence-corrected chi connectivity index (χ3v) is 6.84. The largest absolute Gasteiger partial charge is 0.310 e. The van der Waals surface area contributed by atoms with Crippen molar-refractivity contribution in [3.05, 3.63) is 41.0 Å². The van der Waals surface area contributed by atoms with E-state index in [4.69, 9.17) is 0 Å². The van der Waals surface area contributed by atoms with Crippen molar-refractivity contribution in [1.29, 1.82) is 0 Å². The number of likely N-dealkylation sites (N-methyl/N-ethyl adjacent to an activating group) is 1. The van der Waals surface area contributed by atoms with Gasteiger partial charge in [0.2, 0.25) is 15.9 Å². The molecule has 1 fully saturated rings. The number of amides is 1. The second-order valence-electron chi connectivity index (χ2n) is 6.36. The van der Waals surface area contributed by atoms with Crippen LogP contribution in [0, 0.1) is 0 Å². The smallest absolute Gasteiger partial charge is 0.243 e. The summed E-state index contributed by atoms with van der Waals surface area (Å²) in [5.74, 6) is 0.212. The number of rotatable bonds is 6. The van der Waals surface area contributed by atoms with E-state index in [1.54, 1.807) is 24.4 Å². The van der Waals surface area contributed by atoms with E-state index in [1.807, 2.05) is 4.68 Å². The van der Waals surface area contributed by atoms with Gasteiger partial charge in [-0.25, -0.2) is 13.1 Å². The summed E-state index contributed by atoms with van der Waals surface area (Å²) in [6.45, 7) is -0.270. The van der Waals surface area contributed by atoms with E-state index in [1.165, 1.54) is 19.2 Å². The van der Waals surface area contributed by atoms with Crippen LogP contribution in [-0.4, -0.2) is 42.0 Å². The van der Waals surface area contributed by atoms with Crippen LogP contribution in [0.25, 0.3) is 0 Å². The summed E-state index contributed by atoms with van der Waals surface area (Å²) in [4.78, 5) is 12.5. The quantitative estimate of drug-likeness (QED) is 0.747. The van der Waals surface area contributed by atoms with Crippen molar-refractivity contribution in [3.63, 3.8) is 0 Å². The summed E-state index contributed by atoms with van der Waals surface area (Å²) in [7, 11) is -2.33. The van der Waals surface area contributed by atoms with Crippen molar-refractivity contribution >= 4 is 37.7 Å². The zero-order chi connectivity index (χ0) is 18.7. The highest BCUT2D eigenvalue weighted by Gasteiger charge is 2.24. The van der Waals surface area contributed by atoms with Crippen molar-refractivity contribution < 1.29 is 13.2 Å². The Balaban J connectivity index is 1.66. The molecule has 0 aliphatic heterocycles. The van der Waals surface area contributed by atoms with E-state index in [9.17, 15) is 13.2 Å². The van der Waals surface area contributed by atoms with Crippen molar-refractivity contribution in [2.45, 2.75) is 36.6 Å². The second-order valence-corrected chi connectivity index (χ2v) is 9.32. The van der Waals surface area contributed by atoms with Gasteiger partial charge in [0.1, 0.15) is 5.82 Å². The van der Waals surface area contributed by atoms with E-state index in [0.717, 1.165) is 34.5 Å². The number of carbonyl (C=O) groups is 1. The van der Waals surface area contributed by atoms with Crippen LogP contribution in [-0.2, 0) is 14.8 Å². The molecule has 26 heavy (non-hydrogen) atoms. The average Bonchev–Trinajstić information content (AvgIpc) is 3.26. The first-order valence-corrected chi connectivity index (χ1v) is 10.7. The number of nitrogens with zero attached hydrogens (tertiary/aromatic N) is 3. The van der Waals surface area contributed by atoms with Gasteiger partial charge >= 0.3 is 0 Å². The lowest BCUT2D eigenvalue weighted by Crippen LogP contribution is -2.35. The van der Waals surface area contributed by atoms with Gasteiger partial charge in [-0.05, 0) is 37.1 Å².